The molecular weight excluding hydrogens is 586 g/mol. The SMILES string of the molecule is C=C/C=C(\C=C/NC)c1n[nH]c2sc(C(=O)NC3CCN(CC(=O)N4CCN(c5ccc(-c6ncccn6)cc5)CC4)C3)cc12. The van der Waals surface area contributed by atoms with Crippen LogP contribution in [-0.4, -0.2) is 101 Å². The molecule has 4 aromatic rings. The molecule has 5 heterocycles. The molecule has 0 radical (unpaired) electrons. The van der Waals surface area contributed by atoms with Crippen LogP contribution < -0.4 is 15.5 Å². The highest BCUT2D eigenvalue weighted by Gasteiger charge is 2.29. The monoisotopic (exact) mass is 623 g/mol. The van der Waals surface area contributed by atoms with Gasteiger partial charge in [-0.25, -0.2) is 9.97 Å². The first-order valence-electron chi connectivity index (χ1n) is 15.1. The van der Waals surface area contributed by atoms with E-state index < -0.39 is 0 Å². The molecule has 2 fully saturated rings. The molecule has 6 rings (SSSR count). The zero-order chi connectivity index (χ0) is 31.2. The normalized spacial score (nSPS) is 17.7. The predicted octanol–water partition coefficient (Wildman–Crippen LogP) is 3.54. The standard InChI is InChI=1S/C33H37N9O2S/c1-3-5-23(10-14-34-2)30-27-20-28(45-33(27)39-38-30)32(44)37-25-11-15-40(21-25)22-29(43)42-18-16-41(17-19-42)26-8-6-24(7-9-26)31-35-12-4-13-36-31/h3-10,12-14,20,25,34H,1,11,15-19,21-22H2,2H3,(H,37,44)(H,38,39)/b14-10-,23-5+. The zero-order valence-electron chi connectivity index (χ0n) is 25.3. The van der Waals surface area contributed by atoms with Crippen molar-refractivity contribution in [1.29, 1.82) is 0 Å². The fraction of sp³-hybridized carbons (Fsp3) is 0.303. The van der Waals surface area contributed by atoms with Crippen molar-refractivity contribution < 1.29 is 9.59 Å². The molecule has 12 heteroatoms. The number of benzene rings is 1. The number of hydrogen-bond acceptors (Lipinski definition) is 9. The van der Waals surface area contributed by atoms with Gasteiger partial charge in [-0.2, -0.15) is 5.10 Å². The minimum atomic E-state index is -0.103. The van der Waals surface area contributed by atoms with Gasteiger partial charge in [0.25, 0.3) is 5.91 Å². The maximum Gasteiger partial charge on any atom is 0.261 e. The number of carbonyl (C=O) groups is 2. The van der Waals surface area contributed by atoms with Gasteiger partial charge in [-0.1, -0.05) is 18.7 Å². The average Bonchev–Trinajstić information content (AvgIpc) is 3.80. The summed E-state index contributed by atoms with van der Waals surface area (Å²) in [7, 11) is 1.83. The van der Waals surface area contributed by atoms with Gasteiger partial charge in [-0.15, -0.1) is 11.3 Å². The third-order valence-electron chi connectivity index (χ3n) is 8.14. The number of hydrogen-bond donors (Lipinski definition) is 3. The van der Waals surface area contributed by atoms with Gasteiger partial charge in [-0.05, 0) is 55.1 Å². The molecular formula is C33H37N9O2S. The summed E-state index contributed by atoms with van der Waals surface area (Å²) in [4.78, 5) is 42.8. The molecule has 1 atom stereocenters. The molecule has 3 aromatic heterocycles. The lowest BCUT2D eigenvalue weighted by Gasteiger charge is -2.36. The summed E-state index contributed by atoms with van der Waals surface area (Å²) in [6.07, 6.45) is 11.7. The number of anilines is 1. The summed E-state index contributed by atoms with van der Waals surface area (Å²) < 4.78 is 0. The largest absolute Gasteiger partial charge is 0.394 e. The summed E-state index contributed by atoms with van der Waals surface area (Å²) in [5.74, 6) is 0.749. The fourth-order valence-corrected chi connectivity index (χ4v) is 6.69. The van der Waals surface area contributed by atoms with Crippen LogP contribution in [0.3, 0.4) is 0 Å². The molecule has 45 heavy (non-hydrogen) atoms. The number of aromatic nitrogens is 4. The van der Waals surface area contributed by atoms with E-state index in [4.69, 9.17) is 0 Å². The van der Waals surface area contributed by atoms with Gasteiger partial charge >= 0.3 is 0 Å². The van der Waals surface area contributed by atoms with Crippen molar-refractivity contribution >= 4 is 44.6 Å². The Morgan fingerprint density at radius 2 is 1.89 bits per heavy atom. The van der Waals surface area contributed by atoms with Crippen molar-refractivity contribution in [1.82, 2.24) is 40.6 Å². The van der Waals surface area contributed by atoms with E-state index >= 15 is 0 Å². The van der Waals surface area contributed by atoms with Crippen molar-refractivity contribution in [2.75, 3.05) is 57.8 Å². The van der Waals surface area contributed by atoms with Crippen LogP contribution in [0.25, 0.3) is 27.2 Å². The Kier molecular flexibility index (Phi) is 9.32. The van der Waals surface area contributed by atoms with Crippen LogP contribution in [0.5, 0.6) is 0 Å². The van der Waals surface area contributed by atoms with Crippen LogP contribution in [0, 0.1) is 0 Å². The second-order valence-electron chi connectivity index (χ2n) is 11.1. The van der Waals surface area contributed by atoms with E-state index in [1.807, 2.05) is 54.6 Å². The predicted molar refractivity (Wildman–Crippen MR) is 179 cm³/mol. The maximum atomic E-state index is 13.2. The second kappa shape index (κ2) is 13.9. The number of likely N-dealkylation sites (tertiary alicyclic amines) is 1. The van der Waals surface area contributed by atoms with Gasteiger partial charge in [0.05, 0.1) is 11.4 Å². The number of nitrogens with zero attached hydrogens (tertiary/aromatic N) is 6. The highest BCUT2D eigenvalue weighted by Crippen LogP contribution is 2.31. The second-order valence-corrected chi connectivity index (χ2v) is 12.1. The molecule has 0 saturated carbocycles. The Hall–Kier alpha value is -4.81. The molecule has 2 aliphatic heterocycles. The Balaban J connectivity index is 0.977. The minimum Gasteiger partial charge on any atom is -0.394 e. The number of piperazine rings is 1. The zero-order valence-corrected chi connectivity index (χ0v) is 26.1. The lowest BCUT2D eigenvalue weighted by molar-refractivity contribution is -0.132. The van der Waals surface area contributed by atoms with Crippen molar-refractivity contribution in [2.45, 2.75) is 12.5 Å². The number of aromatic amines is 1. The number of fused-ring (bicyclic) bond motifs is 1. The van der Waals surface area contributed by atoms with Crippen LogP contribution in [0.15, 0.2) is 79.8 Å². The van der Waals surface area contributed by atoms with Crippen molar-refractivity contribution in [3.05, 3.63) is 90.4 Å². The van der Waals surface area contributed by atoms with E-state index in [1.54, 1.807) is 18.5 Å². The van der Waals surface area contributed by atoms with Crippen LogP contribution in [0.1, 0.15) is 21.8 Å². The Morgan fingerprint density at radius 1 is 1.11 bits per heavy atom. The summed E-state index contributed by atoms with van der Waals surface area (Å²) in [5, 5.41) is 14.6. The smallest absolute Gasteiger partial charge is 0.261 e. The van der Waals surface area contributed by atoms with Crippen molar-refractivity contribution in [3.8, 4) is 11.4 Å². The van der Waals surface area contributed by atoms with Gasteiger partial charge in [0, 0.05) is 87.0 Å². The van der Waals surface area contributed by atoms with Gasteiger partial charge in [0.15, 0.2) is 5.82 Å². The van der Waals surface area contributed by atoms with Crippen molar-refractivity contribution in [3.63, 3.8) is 0 Å². The number of carbonyl (C=O) groups excluding carboxylic acids is 2. The molecule has 2 aliphatic rings. The van der Waals surface area contributed by atoms with Crippen LogP contribution in [-0.2, 0) is 4.79 Å². The van der Waals surface area contributed by atoms with E-state index in [2.05, 4.69) is 59.3 Å². The summed E-state index contributed by atoms with van der Waals surface area (Å²) in [6.45, 7) is 8.56. The molecule has 1 aromatic carbocycles. The highest BCUT2D eigenvalue weighted by atomic mass is 32.1. The van der Waals surface area contributed by atoms with Crippen LogP contribution in [0.2, 0.25) is 0 Å². The highest BCUT2D eigenvalue weighted by molar-refractivity contribution is 7.20. The summed E-state index contributed by atoms with van der Waals surface area (Å²) in [6, 6.07) is 12.0. The molecule has 2 amide bonds. The quantitative estimate of drug-likeness (QED) is 0.230. The van der Waals surface area contributed by atoms with E-state index in [0.717, 1.165) is 58.8 Å². The average molecular weight is 624 g/mol. The van der Waals surface area contributed by atoms with Crippen molar-refractivity contribution in [2.24, 2.45) is 0 Å². The van der Waals surface area contributed by atoms with Gasteiger partial charge in [0.2, 0.25) is 5.91 Å². The molecule has 2 saturated heterocycles. The molecule has 11 nitrogen and oxygen atoms in total. The van der Waals surface area contributed by atoms with Crippen LogP contribution >= 0.6 is 11.3 Å². The molecule has 0 aliphatic carbocycles. The lowest BCUT2D eigenvalue weighted by Crippen LogP contribution is -2.51. The number of allylic oxidation sites excluding steroid dienone is 4. The first kappa shape index (κ1) is 30.2. The first-order chi connectivity index (χ1) is 22.0. The summed E-state index contributed by atoms with van der Waals surface area (Å²) in [5.41, 5.74) is 3.78. The third kappa shape index (κ3) is 6.97. The van der Waals surface area contributed by atoms with E-state index in [0.29, 0.717) is 36.9 Å². The Bertz CT molecular complexity index is 1700. The topological polar surface area (TPSA) is 122 Å². The fourth-order valence-electron chi connectivity index (χ4n) is 5.79. The van der Waals surface area contributed by atoms with E-state index in [9.17, 15) is 9.59 Å². The van der Waals surface area contributed by atoms with E-state index in [-0.39, 0.29) is 17.9 Å². The lowest BCUT2D eigenvalue weighted by atomic mass is 10.1. The Labute approximate surface area is 266 Å². The van der Waals surface area contributed by atoms with Gasteiger partial charge in [0.1, 0.15) is 10.5 Å². The molecule has 1 unspecified atom stereocenters. The minimum absolute atomic E-state index is 0.000716. The number of nitrogens with one attached hydrogen (secondary N) is 3. The summed E-state index contributed by atoms with van der Waals surface area (Å²) >= 11 is 1.39. The molecule has 0 bridgehead atoms. The van der Waals surface area contributed by atoms with Gasteiger partial charge < -0.3 is 20.4 Å². The molecule has 3 N–H and O–H groups in total. The molecule has 232 valence electrons. The first-order valence-corrected chi connectivity index (χ1v) is 15.9. The van der Waals surface area contributed by atoms with Gasteiger partial charge in [-0.3, -0.25) is 19.6 Å². The van der Waals surface area contributed by atoms with Crippen LogP contribution in [0.4, 0.5) is 5.69 Å². The maximum absolute atomic E-state index is 13.2. The number of amides is 2. The third-order valence-corrected chi connectivity index (χ3v) is 9.17. The molecule has 0 spiro atoms. The van der Waals surface area contributed by atoms with E-state index in [1.165, 1.54) is 11.3 Å². The number of thiophene rings is 1. The number of H-pyrrole nitrogens is 1. The number of rotatable bonds is 10. The Morgan fingerprint density at radius 3 is 2.62 bits per heavy atom.